The second-order valence-electron chi connectivity index (χ2n) is 3.84. The molecule has 0 amide bonds. The van der Waals surface area contributed by atoms with E-state index >= 15 is 0 Å². The summed E-state index contributed by atoms with van der Waals surface area (Å²) in [4.78, 5) is 22.4. The fourth-order valence-corrected chi connectivity index (χ4v) is 1.32. The van der Waals surface area contributed by atoms with Crippen LogP contribution in [0.15, 0.2) is 0 Å². The number of nitrogens with two attached hydrogens (primary N) is 2. The van der Waals surface area contributed by atoms with Gasteiger partial charge in [-0.15, -0.1) is 0 Å². The summed E-state index contributed by atoms with van der Waals surface area (Å²) in [6.07, 6.45) is 0.699. The smallest absolute Gasteiger partial charge is 0.307 e. The Hall–Kier alpha value is -0.940. The zero-order valence-electron chi connectivity index (χ0n) is 9.27. The highest BCUT2D eigenvalue weighted by Crippen LogP contribution is 2.19. The second-order valence-corrected chi connectivity index (χ2v) is 3.84. The van der Waals surface area contributed by atoms with Crippen molar-refractivity contribution in [3.05, 3.63) is 0 Å². The zero-order valence-corrected chi connectivity index (χ0v) is 9.27. The number of carbonyl (C=O) groups excluding carboxylic acids is 1. The van der Waals surface area contributed by atoms with Crippen molar-refractivity contribution in [2.45, 2.75) is 32.7 Å². The molecule has 0 saturated carbocycles. The number of carboxylic acids is 1. The Balaban J connectivity index is 4.42. The zero-order chi connectivity index (χ0) is 12.0. The summed E-state index contributed by atoms with van der Waals surface area (Å²) >= 11 is 0. The SMILES string of the molecule is CCC(C)[C@H](CC(=O)[C@@H](N)CN)C(=O)O. The van der Waals surface area contributed by atoms with Gasteiger partial charge < -0.3 is 16.6 Å². The molecular formula is C10H20N2O3. The van der Waals surface area contributed by atoms with Gasteiger partial charge in [0, 0.05) is 13.0 Å². The summed E-state index contributed by atoms with van der Waals surface area (Å²) < 4.78 is 0. The van der Waals surface area contributed by atoms with Crippen LogP contribution in [0.25, 0.3) is 0 Å². The van der Waals surface area contributed by atoms with E-state index in [4.69, 9.17) is 16.6 Å². The first kappa shape index (κ1) is 14.1. The molecule has 0 aliphatic heterocycles. The van der Waals surface area contributed by atoms with Crippen LogP contribution < -0.4 is 11.5 Å². The van der Waals surface area contributed by atoms with Crippen molar-refractivity contribution in [3.8, 4) is 0 Å². The number of ketones is 1. The lowest BCUT2D eigenvalue weighted by Crippen LogP contribution is -2.40. The van der Waals surface area contributed by atoms with E-state index < -0.39 is 17.9 Å². The highest BCUT2D eigenvalue weighted by molar-refractivity contribution is 5.87. The first-order valence-corrected chi connectivity index (χ1v) is 5.15. The summed E-state index contributed by atoms with van der Waals surface area (Å²) in [5.74, 6) is -1.90. The van der Waals surface area contributed by atoms with Crippen molar-refractivity contribution < 1.29 is 14.7 Å². The second kappa shape index (κ2) is 6.53. The van der Waals surface area contributed by atoms with Crippen LogP contribution in [0.1, 0.15) is 26.7 Å². The lowest BCUT2D eigenvalue weighted by molar-refractivity contribution is -0.145. The number of carboxylic acid groups (broad SMARTS) is 1. The molecule has 15 heavy (non-hydrogen) atoms. The summed E-state index contributed by atoms with van der Waals surface area (Å²) in [6, 6.07) is -0.740. The van der Waals surface area contributed by atoms with Crippen molar-refractivity contribution >= 4 is 11.8 Å². The van der Waals surface area contributed by atoms with Crippen LogP contribution >= 0.6 is 0 Å². The Kier molecular flexibility index (Phi) is 6.12. The average Bonchev–Trinajstić information content (AvgIpc) is 2.22. The van der Waals surface area contributed by atoms with E-state index in [0.29, 0.717) is 0 Å². The predicted molar refractivity (Wildman–Crippen MR) is 57.2 cm³/mol. The molecule has 0 heterocycles. The predicted octanol–water partition coefficient (Wildman–Crippen LogP) is -0.0215. The van der Waals surface area contributed by atoms with Crippen LogP contribution in [-0.4, -0.2) is 29.4 Å². The van der Waals surface area contributed by atoms with E-state index in [0.717, 1.165) is 6.42 Å². The molecule has 5 nitrogen and oxygen atoms in total. The fourth-order valence-electron chi connectivity index (χ4n) is 1.32. The van der Waals surface area contributed by atoms with Gasteiger partial charge in [0.1, 0.15) is 0 Å². The largest absolute Gasteiger partial charge is 0.481 e. The molecule has 0 radical (unpaired) electrons. The van der Waals surface area contributed by atoms with Crippen LogP contribution in [-0.2, 0) is 9.59 Å². The van der Waals surface area contributed by atoms with E-state index in [9.17, 15) is 9.59 Å². The van der Waals surface area contributed by atoms with E-state index in [1.54, 1.807) is 0 Å². The molecule has 0 rings (SSSR count). The lowest BCUT2D eigenvalue weighted by Gasteiger charge is -2.19. The topological polar surface area (TPSA) is 106 Å². The molecule has 0 aromatic rings. The molecule has 5 N–H and O–H groups in total. The van der Waals surface area contributed by atoms with Gasteiger partial charge in [0.2, 0.25) is 0 Å². The third-order valence-electron chi connectivity index (χ3n) is 2.74. The first-order chi connectivity index (χ1) is 6.93. The maximum Gasteiger partial charge on any atom is 0.307 e. The first-order valence-electron chi connectivity index (χ1n) is 5.15. The molecule has 0 bridgehead atoms. The molecule has 0 fully saturated rings. The third kappa shape index (κ3) is 4.40. The quantitative estimate of drug-likeness (QED) is 0.554. The van der Waals surface area contributed by atoms with E-state index in [1.165, 1.54) is 0 Å². The van der Waals surface area contributed by atoms with Crippen LogP contribution in [0.2, 0.25) is 0 Å². The summed E-state index contributed by atoms with van der Waals surface area (Å²) in [7, 11) is 0. The number of rotatable bonds is 7. The molecule has 0 aromatic heterocycles. The van der Waals surface area contributed by atoms with Gasteiger partial charge in [0.15, 0.2) is 5.78 Å². The van der Waals surface area contributed by atoms with Crippen molar-refractivity contribution in [3.63, 3.8) is 0 Å². The van der Waals surface area contributed by atoms with Crippen LogP contribution in [0.3, 0.4) is 0 Å². The molecular weight excluding hydrogens is 196 g/mol. The molecule has 0 aliphatic rings. The van der Waals surface area contributed by atoms with Crippen LogP contribution in [0, 0.1) is 11.8 Å². The van der Waals surface area contributed by atoms with Crippen LogP contribution in [0.5, 0.6) is 0 Å². The fraction of sp³-hybridized carbons (Fsp3) is 0.800. The third-order valence-corrected chi connectivity index (χ3v) is 2.74. The number of aliphatic carboxylic acids is 1. The van der Waals surface area contributed by atoms with Gasteiger partial charge >= 0.3 is 5.97 Å². The van der Waals surface area contributed by atoms with E-state index in [1.807, 2.05) is 13.8 Å². The molecule has 88 valence electrons. The molecule has 3 atom stereocenters. The van der Waals surface area contributed by atoms with Crippen molar-refractivity contribution in [1.29, 1.82) is 0 Å². The molecule has 1 unspecified atom stereocenters. The van der Waals surface area contributed by atoms with Gasteiger partial charge in [-0.25, -0.2) is 0 Å². The van der Waals surface area contributed by atoms with Gasteiger partial charge in [-0.3, -0.25) is 9.59 Å². The van der Waals surface area contributed by atoms with Crippen LogP contribution in [0.4, 0.5) is 0 Å². The van der Waals surface area contributed by atoms with E-state index in [-0.39, 0.29) is 24.7 Å². The van der Waals surface area contributed by atoms with Gasteiger partial charge in [0.25, 0.3) is 0 Å². The van der Waals surface area contributed by atoms with Gasteiger partial charge in [0.05, 0.1) is 12.0 Å². The normalized spacial score (nSPS) is 16.8. The average molecular weight is 216 g/mol. The summed E-state index contributed by atoms with van der Waals surface area (Å²) in [6.45, 7) is 3.78. The maximum absolute atomic E-state index is 11.4. The van der Waals surface area contributed by atoms with Crippen molar-refractivity contribution in [1.82, 2.24) is 0 Å². The Bertz CT molecular complexity index is 231. The minimum atomic E-state index is -0.943. The minimum absolute atomic E-state index is 0.0251. The Morgan fingerprint density at radius 2 is 1.93 bits per heavy atom. The Morgan fingerprint density at radius 3 is 2.27 bits per heavy atom. The Morgan fingerprint density at radius 1 is 1.40 bits per heavy atom. The number of hydrogen-bond acceptors (Lipinski definition) is 4. The minimum Gasteiger partial charge on any atom is -0.481 e. The number of Topliss-reactive ketones (excluding diaryl/α,β-unsaturated/α-hetero) is 1. The van der Waals surface area contributed by atoms with Gasteiger partial charge in [-0.1, -0.05) is 20.3 Å². The number of carbonyl (C=O) groups is 2. The molecule has 0 spiro atoms. The highest BCUT2D eigenvalue weighted by Gasteiger charge is 2.27. The summed E-state index contributed by atoms with van der Waals surface area (Å²) in [5, 5.41) is 8.95. The van der Waals surface area contributed by atoms with Crippen molar-refractivity contribution in [2.75, 3.05) is 6.54 Å². The standard InChI is InChI=1S/C10H20N2O3/c1-3-6(2)7(10(14)15)4-9(13)8(12)5-11/h6-8H,3-5,11-12H2,1-2H3,(H,14,15)/t6?,7-,8-/m0/s1. The lowest BCUT2D eigenvalue weighted by atomic mass is 9.86. The highest BCUT2D eigenvalue weighted by atomic mass is 16.4. The molecule has 0 saturated heterocycles. The summed E-state index contributed by atoms with van der Waals surface area (Å²) in [5.41, 5.74) is 10.7. The number of hydrogen-bond donors (Lipinski definition) is 3. The van der Waals surface area contributed by atoms with E-state index in [2.05, 4.69) is 0 Å². The molecule has 5 heteroatoms. The van der Waals surface area contributed by atoms with Crippen molar-refractivity contribution in [2.24, 2.45) is 23.3 Å². The molecule has 0 aromatic carbocycles. The Labute approximate surface area is 89.8 Å². The maximum atomic E-state index is 11.4. The monoisotopic (exact) mass is 216 g/mol. The van der Waals surface area contributed by atoms with Gasteiger partial charge in [-0.05, 0) is 5.92 Å². The van der Waals surface area contributed by atoms with Gasteiger partial charge in [-0.2, -0.15) is 0 Å². The molecule has 0 aliphatic carbocycles.